The SMILES string of the molecule is CC/C=C\C/C=C\C/C=C\C/C=C\CCCCCCCCC(=O)OC(COC(=O)CCCCCCCCCCCCC)COP(=O)(O)OCC(CO)OC(=O)CCCCCCC/C=C\CCCCCCCC. The molecule has 0 aromatic rings. The third-order valence-electron chi connectivity index (χ3n) is 12.4. The zero-order valence-electron chi connectivity index (χ0n) is 46.1. The highest BCUT2D eigenvalue weighted by atomic mass is 31.2. The summed E-state index contributed by atoms with van der Waals surface area (Å²) in [4.78, 5) is 48.5. The Morgan fingerprint density at radius 2 is 0.722 bits per heavy atom. The molecule has 0 aliphatic heterocycles. The van der Waals surface area contributed by atoms with E-state index < -0.39 is 57.8 Å². The van der Waals surface area contributed by atoms with Crippen LogP contribution in [-0.4, -0.2) is 66.5 Å². The second-order valence-corrected chi connectivity index (χ2v) is 20.9. The van der Waals surface area contributed by atoms with Crippen LogP contribution in [0.5, 0.6) is 0 Å². The summed E-state index contributed by atoms with van der Waals surface area (Å²) >= 11 is 0. The second-order valence-electron chi connectivity index (χ2n) is 19.4. The van der Waals surface area contributed by atoms with Gasteiger partial charge in [0, 0.05) is 19.3 Å². The fourth-order valence-corrected chi connectivity index (χ4v) is 8.77. The van der Waals surface area contributed by atoms with Crippen molar-refractivity contribution >= 4 is 25.7 Å². The molecule has 12 heteroatoms. The lowest BCUT2D eigenvalue weighted by atomic mass is 10.1. The van der Waals surface area contributed by atoms with Crippen LogP contribution in [0.15, 0.2) is 60.8 Å². The number of aliphatic hydroxyl groups is 1. The Morgan fingerprint density at radius 3 is 1.12 bits per heavy atom. The van der Waals surface area contributed by atoms with E-state index in [0.717, 1.165) is 122 Å². The maximum absolute atomic E-state index is 12.9. The van der Waals surface area contributed by atoms with Gasteiger partial charge in [-0.15, -0.1) is 0 Å². The van der Waals surface area contributed by atoms with E-state index in [2.05, 4.69) is 81.5 Å². The van der Waals surface area contributed by atoms with Gasteiger partial charge in [0.1, 0.15) is 12.7 Å². The number of esters is 3. The van der Waals surface area contributed by atoms with Crippen molar-refractivity contribution in [1.29, 1.82) is 0 Å². The van der Waals surface area contributed by atoms with Crippen LogP contribution in [0.2, 0.25) is 0 Å². The molecule has 0 spiro atoms. The zero-order valence-corrected chi connectivity index (χ0v) is 47.0. The van der Waals surface area contributed by atoms with Crippen molar-refractivity contribution < 1.29 is 52.2 Å². The third kappa shape index (κ3) is 52.1. The number of aliphatic hydroxyl groups excluding tert-OH is 1. The molecule has 3 atom stereocenters. The van der Waals surface area contributed by atoms with Gasteiger partial charge in [-0.1, -0.05) is 223 Å². The van der Waals surface area contributed by atoms with E-state index in [1.807, 2.05) is 0 Å². The number of hydrogen-bond donors (Lipinski definition) is 2. The minimum Gasteiger partial charge on any atom is -0.462 e. The summed E-state index contributed by atoms with van der Waals surface area (Å²) in [6, 6.07) is 0. The van der Waals surface area contributed by atoms with E-state index in [1.54, 1.807) is 0 Å². The maximum Gasteiger partial charge on any atom is 0.472 e. The number of ether oxygens (including phenoxy) is 3. The van der Waals surface area contributed by atoms with Gasteiger partial charge in [-0.25, -0.2) is 4.57 Å². The first-order chi connectivity index (χ1) is 35.2. The van der Waals surface area contributed by atoms with Crippen LogP contribution in [0.4, 0.5) is 0 Å². The topological polar surface area (TPSA) is 155 Å². The first-order valence-corrected chi connectivity index (χ1v) is 30.7. The Kier molecular flexibility index (Phi) is 52.3. The van der Waals surface area contributed by atoms with Crippen molar-refractivity contribution in [2.75, 3.05) is 26.4 Å². The Hall–Kier alpha value is -2.82. The highest BCUT2D eigenvalue weighted by molar-refractivity contribution is 7.47. The fourth-order valence-electron chi connectivity index (χ4n) is 7.99. The lowest BCUT2D eigenvalue weighted by molar-refractivity contribution is -0.161. The van der Waals surface area contributed by atoms with Crippen LogP contribution in [-0.2, 0) is 42.2 Å². The number of unbranched alkanes of at least 4 members (excludes halogenated alkanes) is 27. The summed E-state index contributed by atoms with van der Waals surface area (Å²) in [6.45, 7) is 4.51. The van der Waals surface area contributed by atoms with Crippen molar-refractivity contribution in [2.24, 2.45) is 0 Å². The van der Waals surface area contributed by atoms with Crippen LogP contribution in [0.25, 0.3) is 0 Å². The molecule has 0 rings (SSSR count). The van der Waals surface area contributed by atoms with Crippen LogP contribution in [0.3, 0.4) is 0 Å². The average molecular weight is 1040 g/mol. The highest BCUT2D eigenvalue weighted by Crippen LogP contribution is 2.43. The third-order valence-corrected chi connectivity index (χ3v) is 13.4. The molecule has 0 radical (unpaired) electrons. The number of hydrogen-bond acceptors (Lipinski definition) is 10. The molecule has 0 saturated heterocycles. The lowest BCUT2D eigenvalue weighted by Gasteiger charge is -2.21. The smallest absolute Gasteiger partial charge is 0.462 e. The van der Waals surface area contributed by atoms with Crippen molar-refractivity contribution in [2.45, 2.75) is 277 Å². The number of phosphoric ester groups is 1. The number of rotatable bonds is 54. The van der Waals surface area contributed by atoms with Gasteiger partial charge in [0.05, 0.1) is 19.8 Å². The summed E-state index contributed by atoms with van der Waals surface area (Å²) < 4.78 is 39.5. The largest absolute Gasteiger partial charge is 0.472 e. The van der Waals surface area contributed by atoms with Crippen LogP contribution < -0.4 is 0 Å². The molecular formula is C60H107O11P. The van der Waals surface area contributed by atoms with Crippen LogP contribution in [0.1, 0.15) is 265 Å². The molecule has 418 valence electrons. The molecule has 0 aromatic heterocycles. The zero-order chi connectivity index (χ0) is 52.7. The molecule has 0 aliphatic rings. The first-order valence-electron chi connectivity index (χ1n) is 29.2. The Bertz CT molecular complexity index is 1440. The summed E-state index contributed by atoms with van der Waals surface area (Å²) in [5.74, 6) is -1.48. The number of phosphoric acid groups is 1. The van der Waals surface area contributed by atoms with Crippen molar-refractivity contribution in [3.63, 3.8) is 0 Å². The Morgan fingerprint density at radius 1 is 0.403 bits per heavy atom. The molecule has 0 saturated carbocycles. The van der Waals surface area contributed by atoms with Crippen molar-refractivity contribution in [1.82, 2.24) is 0 Å². The molecule has 0 fully saturated rings. The molecule has 3 unspecified atom stereocenters. The quantitative estimate of drug-likeness (QED) is 0.0197. The fraction of sp³-hybridized carbons (Fsp3) is 0.783. The van der Waals surface area contributed by atoms with Gasteiger partial charge in [0.25, 0.3) is 0 Å². The van der Waals surface area contributed by atoms with Gasteiger partial charge in [-0.3, -0.25) is 23.4 Å². The van der Waals surface area contributed by atoms with Gasteiger partial charge in [0.15, 0.2) is 6.10 Å². The normalized spacial score (nSPS) is 13.8. The van der Waals surface area contributed by atoms with Crippen molar-refractivity contribution in [3.05, 3.63) is 60.8 Å². The monoisotopic (exact) mass is 1030 g/mol. The molecular weight excluding hydrogens is 928 g/mol. The van der Waals surface area contributed by atoms with E-state index in [4.69, 9.17) is 23.3 Å². The van der Waals surface area contributed by atoms with E-state index >= 15 is 0 Å². The summed E-state index contributed by atoms with van der Waals surface area (Å²) in [6.07, 6.45) is 58.9. The number of carbonyl (C=O) groups excluding carboxylic acids is 3. The van der Waals surface area contributed by atoms with E-state index in [9.17, 15) is 28.9 Å². The Labute approximate surface area is 440 Å². The molecule has 0 aliphatic carbocycles. The van der Waals surface area contributed by atoms with Gasteiger partial charge in [-0.05, 0) is 83.5 Å². The molecule has 2 N–H and O–H groups in total. The van der Waals surface area contributed by atoms with Crippen LogP contribution in [0, 0.1) is 0 Å². The predicted octanol–water partition coefficient (Wildman–Crippen LogP) is 17.1. The molecule has 72 heavy (non-hydrogen) atoms. The van der Waals surface area contributed by atoms with Gasteiger partial charge < -0.3 is 24.2 Å². The maximum atomic E-state index is 12.9. The standard InChI is InChI=1S/C60H107O11P/c1-4-7-10-13-16-19-22-24-26-27-28-29-31-33-36-39-42-45-48-51-60(64)71-57(53-67-58(62)49-46-43-40-37-34-21-18-15-12-9-6-3)55-69-72(65,66)68-54-56(52-61)70-59(63)50-47-44-41-38-35-32-30-25-23-20-17-14-11-8-5-2/h7,10,16,19,24-26,28-30,56-57,61H,4-6,8-9,11-15,17-18,20-23,27,31-55H2,1-3H3,(H,65,66)/b10-7-,19-16-,26-24-,29-28-,30-25-. The highest BCUT2D eigenvalue weighted by Gasteiger charge is 2.28. The van der Waals surface area contributed by atoms with Gasteiger partial charge in [0.2, 0.25) is 0 Å². The van der Waals surface area contributed by atoms with E-state index in [-0.39, 0.29) is 25.9 Å². The summed E-state index contributed by atoms with van der Waals surface area (Å²) in [5.41, 5.74) is 0. The van der Waals surface area contributed by atoms with Gasteiger partial charge >= 0.3 is 25.7 Å². The van der Waals surface area contributed by atoms with E-state index in [1.165, 1.54) is 83.5 Å². The number of carbonyl (C=O) groups is 3. The minimum absolute atomic E-state index is 0.152. The van der Waals surface area contributed by atoms with Crippen LogP contribution >= 0.6 is 7.82 Å². The lowest BCUT2D eigenvalue weighted by Crippen LogP contribution is -2.30. The number of allylic oxidation sites excluding steroid dienone is 10. The molecule has 0 heterocycles. The average Bonchev–Trinajstić information content (AvgIpc) is 3.37. The molecule has 0 bridgehead atoms. The first kappa shape index (κ1) is 69.2. The van der Waals surface area contributed by atoms with Gasteiger partial charge in [-0.2, -0.15) is 0 Å². The van der Waals surface area contributed by atoms with E-state index in [0.29, 0.717) is 19.3 Å². The summed E-state index contributed by atoms with van der Waals surface area (Å²) in [7, 11) is -4.75. The summed E-state index contributed by atoms with van der Waals surface area (Å²) in [5, 5.41) is 9.81. The molecule has 11 nitrogen and oxygen atoms in total. The molecule has 0 amide bonds. The minimum atomic E-state index is -4.75. The van der Waals surface area contributed by atoms with Crippen molar-refractivity contribution in [3.8, 4) is 0 Å². The second kappa shape index (κ2) is 54.4. The Balaban J connectivity index is 4.70. The predicted molar refractivity (Wildman–Crippen MR) is 298 cm³/mol. The molecule has 0 aromatic carbocycles.